The van der Waals surface area contributed by atoms with Crippen LogP contribution in [0, 0.1) is 5.92 Å². The first-order valence-electron chi connectivity index (χ1n) is 9.65. The van der Waals surface area contributed by atoms with E-state index in [4.69, 9.17) is 11.6 Å². The summed E-state index contributed by atoms with van der Waals surface area (Å²) < 4.78 is 22.9. The van der Waals surface area contributed by atoms with E-state index in [1.807, 2.05) is 18.2 Å². The second-order valence-corrected chi connectivity index (χ2v) is 11.3. The van der Waals surface area contributed by atoms with Gasteiger partial charge < -0.3 is 10.6 Å². The van der Waals surface area contributed by atoms with E-state index in [1.165, 1.54) is 11.8 Å². The van der Waals surface area contributed by atoms with Gasteiger partial charge in [0.1, 0.15) is 0 Å². The number of aliphatic imine (C=N–C) groups is 1. The van der Waals surface area contributed by atoms with E-state index in [0.29, 0.717) is 18.4 Å². The quantitative estimate of drug-likeness (QED) is 0.320. The molecule has 166 valence electrons. The Kier molecular flexibility index (Phi) is 10.2. The third-order valence-electron chi connectivity index (χ3n) is 5.64. The van der Waals surface area contributed by atoms with Gasteiger partial charge in [-0.15, -0.1) is 24.0 Å². The van der Waals surface area contributed by atoms with Crippen molar-refractivity contribution < 1.29 is 8.42 Å². The molecule has 2 unspecified atom stereocenters. The van der Waals surface area contributed by atoms with E-state index >= 15 is 0 Å². The number of hydrogen-bond donors (Lipinski definition) is 2. The van der Waals surface area contributed by atoms with E-state index in [0.717, 1.165) is 31.0 Å². The average Bonchev–Trinajstić information content (AvgIpc) is 2.61. The summed E-state index contributed by atoms with van der Waals surface area (Å²) in [6, 6.07) is 8.36. The molecule has 0 bridgehead atoms. The van der Waals surface area contributed by atoms with Gasteiger partial charge >= 0.3 is 0 Å². The average molecular weight is 557 g/mol. The van der Waals surface area contributed by atoms with Gasteiger partial charge in [-0.2, -0.15) is 0 Å². The highest BCUT2D eigenvalue weighted by Crippen LogP contribution is 2.35. The van der Waals surface area contributed by atoms with Crippen LogP contribution in [0.25, 0.3) is 0 Å². The first-order chi connectivity index (χ1) is 13.0. The number of sulfone groups is 1. The summed E-state index contributed by atoms with van der Waals surface area (Å²) in [5, 5.41) is 7.29. The smallest absolute Gasteiger partial charge is 0.191 e. The van der Waals surface area contributed by atoms with Crippen LogP contribution in [0.3, 0.4) is 0 Å². The fourth-order valence-corrected chi connectivity index (χ4v) is 4.10. The first kappa shape index (κ1) is 26.5. The van der Waals surface area contributed by atoms with Gasteiger partial charge in [-0.25, -0.2) is 8.42 Å². The molecule has 2 rings (SSSR count). The Balaban J connectivity index is 0.00000420. The number of benzene rings is 1. The minimum Gasteiger partial charge on any atom is -0.356 e. The number of nitrogens with one attached hydrogen (secondary N) is 2. The Morgan fingerprint density at radius 2 is 2.03 bits per heavy atom. The van der Waals surface area contributed by atoms with Crippen molar-refractivity contribution in [3.05, 3.63) is 34.9 Å². The van der Waals surface area contributed by atoms with Crippen molar-refractivity contribution in [1.82, 2.24) is 15.5 Å². The topological polar surface area (TPSA) is 73.8 Å². The molecule has 1 aromatic carbocycles. The summed E-state index contributed by atoms with van der Waals surface area (Å²) >= 11 is 6.22. The van der Waals surface area contributed by atoms with Crippen molar-refractivity contribution in [2.75, 3.05) is 40.0 Å². The van der Waals surface area contributed by atoms with Crippen molar-refractivity contribution in [2.24, 2.45) is 10.9 Å². The van der Waals surface area contributed by atoms with Crippen LogP contribution in [-0.4, -0.2) is 64.0 Å². The molecule has 0 amide bonds. The zero-order chi connectivity index (χ0) is 20.9. The molecule has 1 saturated heterocycles. The fourth-order valence-electron chi connectivity index (χ4n) is 3.57. The van der Waals surface area contributed by atoms with Crippen LogP contribution in [0.4, 0.5) is 0 Å². The van der Waals surface area contributed by atoms with Crippen molar-refractivity contribution in [2.45, 2.75) is 37.5 Å². The molecule has 0 saturated carbocycles. The maximum Gasteiger partial charge on any atom is 0.191 e. The van der Waals surface area contributed by atoms with Crippen molar-refractivity contribution in [1.29, 1.82) is 0 Å². The summed E-state index contributed by atoms with van der Waals surface area (Å²) in [6.07, 6.45) is 3.52. The normalized spacial score (nSPS) is 21.4. The second-order valence-electron chi connectivity index (χ2n) is 8.22. The molecule has 2 atom stereocenters. The van der Waals surface area contributed by atoms with Gasteiger partial charge in [0.25, 0.3) is 0 Å². The zero-order valence-electron chi connectivity index (χ0n) is 17.9. The fraction of sp³-hybridized carbons (Fsp3) is 0.650. The van der Waals surface area contributed by atoms with Gasteiger partial charge in [0.15, 0.2) is 15.8 Å². The van der Waals surface area contributed by atoms with Gasteiger partial charge in [-0.1, -0.05) is 23.7 Å². The minimum absolute atomic E-state index is 0. The molecule has 2 N–H and O–H groups in total. The van der Waals surface area contributed by atoms with Gasteiger partial charge in [0.05, 0.1) is 4.75 Å². The lowest BCUT2D eigenvalue weighted by atomic mass is 9.85. The summed E-state index contributed by atoms with van der Waals surface area (Å²) in [6.45, 7) is 5.54. The standard InChI is InChI=1S/C20H33ClN4O2S.HI/c1-20(2,28(5,26)27)14-24-19(22-3)23-13-16-9-7-11-25(4)18(16)15-8-6-10-17(21)12-15;/h6,8,10,12,16,18H,7,9,11,13-14H2,1-5H3,(H2,22,23,24);1H. The predicted octanol–water partition coefficient (Wildman–Crippen LogP) is 3.33. The highest BCUT2D eigenvalue weighted by molar-refractivity contribution is 14.0. The summed E-state index contributed by atoms with van der Waals surface area (Å²) in [4.78, 5) is 6.63. The van der Waals surface area contributed by atoms with Crippen LogP contribution in [0.15, 0.2) is 29.3 Å². The Bertz CT molecular complexity index is 801. The lowest BCUT2D eigenvalue weighted by Crippen LogP contribution is -2.49. The summed E-state index contributed by atoms with van der Waals surface area (Å²) in [5.41, 5.74) is 1.22. The molecule has 0 radical (unpaired) electrons. The van der Waals surface area contributed by atoms with Crippen LogP contribution in [0.1, 0.15) is 38.3 Å². The minimum atomic E-state index is -3.16. The van der Waals surface area contributed by atoms with E-state index in [-0.39, 0.29) is 30.0 Å². The van der Waals surface area contributed by atoms with Crippen LogP contribution in [-0.2, 0) is 9.84 Å². The van der Waals surface area contributed by atoms with Gasteiger partial charge in [0.2, 0.25) is 0 Å². The summed E-state index contributed by atoms with van der Waals surface area (Å²) in [7, 11) is 0.689. The third kappa shape index (κ3) is 7.25. The van der Waals surface area contributed by atoms with Crippen molar-refractivity contribution in [3.63, 3.8) is 0 Å². The molecule has 0 aliphatic carbocycles. The maximum atomic E-state index is 11.9. The number of likely N-dealkylation sites (tertiary alicyclic amines) is 1. The number of piperidine rings is 1. The molecule has 1 aliphatic heterocycles. The Hall–Kier alpha value is -0.580. The zero-order valence-corrected chi connectivity index (χ0v) is 21.8. The largest absolute Gasteiger partial charge is 0.356 e. The maximum absolute atomic E-state index is 11.9. The molecule has 0 aromatic heterocycles. The van der Waals surface area contributed by atoms with E-state index in [1.54, 1.807) is 20.9 Å². The number of rotatable bonds is 6. The lowest BCUT2D eigenvalue weighted by Gasteiger charge is -2.40. The Morgan fingerprint density at radius 1 is 1.34 bits per heavy atom. The van der Waals surface area contributed by atoms with Crippen molar-refractivity contribution >= 4 is 51.4 Å². The van der Waals surface area contributed by atoms with Gasteiger partial charge in [0, 0.05) is 37.5 Å². The molecule has 1 fully saturated rings. The van der Waals surface area contributed by atoms with Gasteiger partial charge in [-0.05, 0) is 63.9 Å². The Morgan fingerprint density at radius 3 is 2.62 bits per heavy atom. The van der Waals surface area contributed by atoms with Crippen LogP contribution in [0.2, 0.25) is 5.02 Å². The monoisotopic (exact) mass is 556 g/mol. The molecule has 1 heterocycles. The first-order valence-corrected chi connectivity index (χ1v) is 11.9. The Labute approximate surface area is 197 Å². The predicted molar refractivity (Wildman–Crippen MR) is 133 cm³/mol. The SMILES string of the molecule is CN=C(NCC1CCCN(C)C1c1cccc(Cl)c1)NCC(C)(C)S(C)(=O)=O.I. The number of nitrogens with zero attached hydrogens (tertiary/aromatic N) is 2. The molecular formula is C20H34ClIN4O2S. The van der Waals surface area contributed by atoms with Crippen LogP contribution >= 0.6 is 35.6 Å². The number of hydrogen-bond acceptors (Lipinski definition) is 4. The van der Waals surface area contributed by atoms with Crippen LogP contribution in [0.5, 0.6) is 0 Å². The van der Waals surface area contributed by atoms with Gasteiger partial charge in [-0.3, -0.25) is 9.89 Å². The molecule has 1 aliphatic rings. The lowest BCUT2D eigenvalue weighted by molar-refractivity contribution is 0.122. The summed E-state index contributed by atoms with van der Waals surface area (Å²) in [5.74, 6) is 1.02. The van der Waals surface area contributed by atoms with E-state index < -0.39 is 14.6 Å². The molecule has 6 nitrogen and oxygen atoms in total. The highest BCUT2D eigenvalue weighted by Gasteiger charge is 2.32. The number of guanidine groups is 1. The third-order valence-corrected chi connectivity index (χ3v) is 8.02. The van der Waals surface area contributed by atoms with Crippen molar-refractivity contribution in [3.8, 4) is 0 Å². The molecule has 9 heteroatoms. The molecule has 29 heavy (non-hydrogen) atoms. The van der Waals surface area contributed by atoms with Crippen LogP contribution < -0.4 is 10.6 Å². The molecule has 0 spiro atoms. The second kappa shape index (κ2) is 11.2. The molecular weight excluding hydrogens is 523 g/mol. The van der Waals surface area contributed by atoms with E-state index in [2.05, 4.69) is 33.6 Å². The highest BCUT2D eigenvalue weighted by atomic mass is 127. The van der Waals surface area contributed by atoms with E-state index in [9.17, 15) is 8.42 Å². The molecule has 1 aromatic rings. The number of halogens is 2.